The quantitative estimate of drug-likeness (QED) is 0.624. The van der Waals surface area contributed by atoms with Crippen molar-refractivity contribution in [3.8, 4) is 0 Å². The van der Waals surface area contributed by atoms with Crippen molar-refractivity contribution >= 4 is 10.0 Å². The fourth-order valence-corrected chi connectivity index (χ4v) is 2.28. The van der Waals surface area contributed by atoms with Gasteiger partial charge in [-0.2, -0.15) is 17.5 Å². The lowest BCUT2D eigenvalue weighted by Crippen LogP contribution is -2.43. The molecule has 0 unspecified atom stereocenters. The Labute approximate surface area is 95.7 Å². The number of alkyl halides is 4. The lowest BCUT2D eigenvalue weighted by molar-refractivity contribution is -0.205. The maximum absolute atomic E-state index is 12.9. The molecule has 0 N–H and O–H groups in total. The van der Waals surface area contributed by atoms with E-state index in [2.05, 4.69) is 0 Å². The van der Waals surface area contributed by atoms with Crippen molar-refractivity contribution in [3.05, 3.63) is 30.3 Å². The van der Waals surface area contributed by atoms with Crippen LogP contribution in [-0.2, 0) is 10.0 Å². The van der Waals surface area contributed by atoms with Crippen LogP contribution in [0.2, 0.25) is 0 Å². The van der Waals surface area contributed by atoms with E-state index >= 15 is 0 Å². The summed E-state index contributed by atoms with van der Waals surface area (Å²) in [6, 6.07) is 6.35. The third kappa shape index (κ3) is 2.95. The topological polar surface area (TPSA) is 37.4 Å². The standard InChI is InChI=1S/C9H9F4NO2S/c1-14(8(10)9(11,12)13)17(15,16)7-5-3-2-4-6-7/h2-6,8H,1H3/t8-/m0/s1. The highest BCUT2D eigenvalue weighted by Crippen LogP contribution is 2.28. The molecule has 1 rings (SSSR count). The number of benzene rings is 1. The lowest BCUT2D eigenvalue weighted by atomic mass is 10.4. The number of rotatable bonds is 3. The largest absolute Gasteiger partial charge is 0.434 e. The number of hydrogen-bond acceptors (Lipinski definition) is 2. The number of sulfonamides is 1. The zero-order valence-electron chi connectivity index (χ0n) is 8.65. The van der Waals surface area contributed by atoms with Crippen LogP contribution in [0, 0.1) is 0 Å². The molecule has 8 heteroatoms. The fraction of sp³-hybridized carbons (Fsp3) is 0.333. The zero-order chi connectivity index (χ0) is 13.3. The molecule has 0 aliphatic heterocycles. The SMILES string of the molecule is CN([C@H](F)C(F)(F)F)S(=O)(=O)c1ccccc1. The summed E-state index contributed by atoms with van der Waals surface area (Å²) < 4.78 is 72.0. The van der Waals surface area contributed by atoms with Crippen LogP contribution in [0.3, 0.4) is 0 Å². The summed E-state index contributed by atoms with van der Waals surface area (Å²) in [5.41, 5.74) is 0. The molecule has 0 heterocycles. The summed E-state index contributed by atoms with van der Waals surface area (Å²) in [4.78, 5) is -0.394. The van der Waals surface area contributed by atoms with Crippen LogP contribution in [0.1, 0.15) is 0 Å². The van der Waals surface area contributed by atoms with E-state index in [0.29, 0.717) is 7.05 Å². The Morgan fingerprint density at radius 1 is 1.18 bits per heavy atom. The molecule has 0 bridgehead atoms. The molecule has 0 saturated carbocycles. The van der Waals surface area contributed by atoms with Gasteiger partial charge in [0.2, 0.25) is 10.0 Å². The summed E-state index contributed by atoms with van der Waals surface area (Å²) in [7, 11) is -3.94. The van der Waals surface area contributed by atoms with E-state index in [-0.39, 0.29) is 4.31 Å². The zero-order valence-corrected chi connectivity index (χ0v) is 9.46. The minimum atomic E-state index is -5.25. The van der Waals surface area contributed by atoms with E-state index < -0.39 is 27.4 Å². The molecule has 0 aliphatic carbocycles. The molecule has 96 valence electrons. The van der Waals surface area contributed by atoms with Crippen molar-refractivity contribution in [2.45, 2.75) is 17.4 Å². The number of halogens is 4. The highest BCUT2D eigenvalue weighted by molar-refractivity contribution is 7.89. The van der Waals surface area contributed by atoms with Crippen LogP contribution >= 0.6 is 0 Å². The molecule has 17 heavy (non-hydrogen) atoms. The Balaban J connectivity index is 3.09. The first-order valence-corrected chi connectivity index (χ1v) is 5.85. The van der Waals surface area contributed by atoms with Crippen molar-refractivity contribution in [3.63, 3.8) is 0 Å². The third-order valence-electron chi connectivity index (χ3n) is 2.01. The first kappa shape index (κ1) is 13.9. The Kier molecular flexibility index (Phi) is 3.78. The number of nitrogens with zero attached hydrogens (tertiary/aromatic N) is 1. The Hall–Kier alpha value is -1.15. The second-order valence-electron chi connectivity index (χ2n) is 3.21. The van der Waals surface area contributed by atoms with Crippen LogP contribution in [-0.4, -0.2) is 32.2 Å². The second-order valence-corrected chi connectivity index (χ2v) is 5.21. The summed E-state index contributed by atoms with van der Waals surface area (Å²) in [5, 5.41) is 0. The monoisotopic (exact) mass is 271 g/mol. The molecule has 0 amide bonds. The Morgan fingerprint density at radius 3 is 2.06 bits per heavy atom. The van der Waals surface area contributed by atoms with Crippen LogP contribution in [0.5, 0.6) is 0 Å². The minimum Gasteiger partial charge on any atom is -0.219 e. The molecule has 1 aromatic carbocycles. The van der Waals surface area contributed by atoms with E-state index in [4.69, 9.17) is 0 Å². The summed E-state index contributed by atoms with van der Waals surface area (Å²) in [6.07, 6.45) is -8.82. The molecule has 0 aromatic heterocycles. The van der Waals surface area contributed by atoms with Gasteiger partial charge in [-0.1, -0.05) is 18.2 Å². The van der Waals surface area contributed by atoms with Gasteiger partial charge in [-0.3, -0.25) is 0 Å². The van der Waals surface area contributed by atoms with Crippen molar-refractivity contribution < 1.29 is 26.0 Å². The van der Waals surface area contributed by atoms with Gasteiger partial charge in [0.15, 0.2) is 0 Å². The molecule has 0 fully saturated rings. The molecule has 0 aliphatic rings. The Bertz CT molecular complexity index is 472. The first-order chi connectivity index (χ1) is 7.67. The molecular formula is C9H9F4NO2S. The van der Waals surface area contributed by atoms with Crippen LogP contribution < -0.4 is 0 Å². The van der Waals surface area contributed by atoms with E-state index in [1.54, 1.807) is 0 Å². The summed E-state index contributed by atoms with van der Waals surface area (Å²) in [6.45, 7) is 0. The van der Waals surface area contributed by atoms with Gasteiger partial charge in [-0.15, -0.1) is 0 Å². The van der Waals surface area contributed by atoms with Crippen molar-refractivity contribution in [1.82, 2.24) is 4.31 Å². The number of hydrogen-bond donors (Lipinski definition) is 0. The molecule has 0 spiro atoms. The van der Waals surface area contributed by atoms with Gasteiger partial charge in [-0.05, 0) is 12.1 Å². The predicted octanol–water partition coefficient (Wildman–Crippen LogP) is 2.17. The van der Waals surface area contributed by atoms with Gasteiger partial charge < -0.3 is 0 Å². The van der Waals surface area contributed by atoms with Gasteiger partial charge in [0, 0.05) is 7.05 Å². The van der Waals surface area contributed by atoms with E-state index in [0.717, 1.165) is 12.1 Å². The van der Waals surface area contributed by atoms with Crippen molar-refractivity contribution in [2.75, 3.05) is 7.05 Å². The van der Waals surface area contributed by atoms with Crippen LogP contribution in [0.25, 0.3) is 0 Å². The van der Waals surface area contributed by atoms with Crippen LogP contribution in [0.15, 0.2) is 35.2 Å². The normalized spacial score (nSPS) is 14.9. The van der Waals surface area contributed by atoms with E-state index in [1.807, 2.05) is 0 Å². The van der Waals surface area contributed by atoms with E-state index in [1.165, 1.54) is 18.2 Å². The van der Waals surface area contributed by atoms with E-state index in [9.17, 15) is 26.0 Å². The highest BCUT2D eigenvalue weighted by atomic mass is 32.2. The summed E-state index contributed by atoms with van der Waals surface area (Å²) in [5.74, 6) is 0. The average Bonchev–Trinajstić information content (AvgIpc) is 2.27. The Morgan fingerprint density at radius 2 is 1.65 bits per heavy atom. The van der Waals surface area contributed by atoms with Crippen molar-refractivity contribution in [2.24, 2.45) is 0 Å². The minimum absolute atomic E-state index is 0.345. The predicted molar refractivity (Wildman–Crippen MR) is 52.3 cm³/mol. The lowest BCUT2D eigenvalue weighted by Gasteiger charge is -2.22. The second kappa shape index (κ2) is 4.61. The first-order valence-electron chi connectivity index (χ1n) is 4.41. The van der Waals surface area contributed by atoms with Gasteiger partial charge in [0.25, 0.3) is 6.30 Å². The molecule has 1 atom stereocenters. The highest BCUT2D eigenvalue weighted by Gasteiger charge is 2.47. The van der Waals surface area contributed by atoms with Crippen molar-refractivity contribution in [1.29, 1.82) is 0 Å². The molecule has 3 nitrogen and oxygen atoms in total. The maximum atomic E-state index is 12.9. The smallest absolute Gasteiger partial charge is 0.219 e. The maximum Gasteiger partial charge on any atom is 0.434 e. The molecular weight excluding hydrogens is 262 g/mol. The molecule has 0 saturated heterocycles. The van der Waals surface area contributed by atoms with Gasteiger partial charge in [0.05, 0.1) is 4.90 Å². The average molecular weight is 271 g/mol. The van der Waals surface area contributed by atoms with Gasteiger partial charge in [0.1, 0.15) is 0 Å². The fourth-order valence-electron chi connectivity index (χ4n) is 1.09. The molecule has 0 radical (unpaired) electrons. The van der Waals surface area contributed by atoms with Crippen LogP contribution in [0.4, 0.5) is 17.6 Å². The van der Waals surface area contributed by atoms with Gasteiger partial charge >= 0.3 is 6.18 Å². The molecule has 1 aromatic rings. The third-order valence-corrected chi connectivity index (χ3v) is 3.82. The summed E-state index contributed by atoms with van der Waals surface area (Å²) >= 11 is 0. The van der Waals surface area contributed by atoms with Gasteiger partial charge in [-0.25, -0.2) is 12.8 Å².